The molecule has 1 unspecified atom stereocenters. The van der Waals surface area contributed by atoms with Crippen molar-refractivity contribution in [2.24, 2.45) is 5.41 Å². The lowest BCUT2D eigenvalue weighted by Gasteiger charge is -2.28. The van der Waals surface area contributed by atoms with Crippen LogP contribution in [-0.4, -0.2) is 44.1 Å². The van der Waals surface area contributed by atoms with Crippen LogP contribution >= 0.6 is 12.4 Å². The second-order valence-electron chi connectivity index (χ2n) is 5.38. The number of likely N-dealkylation sites (N-methyl/N-ethyl adjacent to an activating group) is 1. The molecule has 1 aromatic carbocycles. The van der Waals surface area contributed by atoms with E-state index in [4.69, 9.17) is 4.74 Å². The minimum atomic E-state index is -0.249. The first-order valence-corrected chi connectivity index (χ1v) is 6.76. The fourth-order valence-corrected chi connectivity index (χ4v) is 2.38. The summed E-state index contributed by atoms with van der Waals surface area (Å²) in [6, 6.07) is 9.68. The highest BCUT2D eigenvalue weighted by Crippen LogP contribution is 2.26. The zero-order valence-electron chi connectivity index (χ0n) is 12.1. The van der Waals surface area contributed by atoms with Gasteiger partial charge < -0.3 is 15.0 Å². The molecule has 0 aliphatic carbocycles. The van der Waals surface area contributed by atoms with Crippen molar-refractivity contribution in [3.05, 3.63) is 30.3 Å². The zero-order valence-corrected chi connectivity index (χ0v) is 12.9. The van der Waals surface area contributed by atoms with E-state index in [1.165, 1.54) is 0 Å². The fraction of sp³-hybridized carbons (Fsp3) is 0.533. The Morgan fingerprint density at radius 1 is 1.40 bits per heavy atom. The minimum absolute atomic E-state index is 0. The molecule has 0 spiro atoms. The monoisotopic (exact) mass is 298 g/mol. The zero-order chi connectivity index (χ0) is 13.7. The molecule has 1 fully saturated rings. The van der Waals surface area contributed by atoms with E-state index in [-0.39, 0.29) is 23.7 Å². The molecule has 1 heterocycles. The lowest BCUT2D eigenvalue weighted by Crippen LogP contribution is -2.43. The summed E-state index contributed by atoms with van der Waals surface area (Å²) in [5.74, 6) is 1.05. The van der Waals surface area contributed by atoms with Crippen molar-refractivity contribution in [3.8, 4) is 5.75 Å². The standard InChI is InChI=1S/C15H22N2O2.ClH/c1-15(8-9-16-12-15)14(18)17(2)10-11-19-13-6-4-3-5-7-13;/h3-7,16H,8-12H2,1-2H3;1H. The first-order valence-electron chi connectivity index (χ1n) is 6.76. The van der Waals surface area contributed by atoms with Gasteiger partial charge in [0.1, 0.15) is 12.4 Å². The van der Waals surface area contributed by atoms with E-state index in [1.54, 1.807) is 4.90 Å². The van der Waals surface area contributed by atoms with Crippen LogP contribution in [0.4, 0.5) is 0 Å². The third-order valence-electron chi connectivity index (χ3n) is 3.67. The molecule has 1 aliphatic heterocycles. The molecule has 0 radical (unpaired) electrons. The number of hydrogen-bond acceptors (Lipinski definition) is 3. The third-order valence-corrected chi connectivity index (χ3v) is 3.67. The molecule has 1 aromatic rings. The first kappa shape index (κ1) is 16.8. The van der Waals surface area contributed by atoms with E-state index in [1.807, 2.05) is 44.3 Å². The second kappa shape index (κ2) is 7.50. The van der Waals surface area contributed by atoms with Crippen LogP contribution in [0.25, 0.3) is 0 Å². The van der Waals surface area contributed by atoms with E-state index in [2.05, 4.69) is 5.32 Å². The van der Waals surface area contributed by atoms with Gasteiger partial charge in [-0.15, -0.1) is 12.4 Å². The fourth-order valence-electron chi connectivity index (χ4n) is 2.38. The number of benzene rings is 1. The Balaban J connectivity index is 0.00000200. The summed E-state index contributed by atoms with van der Waals surface area (Å²) in [6.07, 6.45) is 0.912. The highest BCUT2D eigenvalue weighted by Gasteiger charge is 2.37. The molecule has 4 nitrogen and oxygen atoms in total. The lowest BCUT2D eigenvalue weighted by molar-refractivity contribution is -0.139. The summed E-state index contributed by atoms with van der Waals surface area (Å²) >= 11 is 0. The number of nitrogens with zero attached hydrogens (tertiary/aromatic N) is 1. The maximum atomic E-state index is 12.3. The smallest absolute Gasteiger partial charge is 0.229 e. The van der Waals surface area contributed by atoms with E-state index in [0.717, 1.165) is 25.3 Å². The number of amides is 1. The summed E-state index contributed by atoms with van der Waals surface area (Å²) < 4.78 is 5.61. The van der Waals surface area contributed by atoms with Gasteiger partial charge in [-0.25, -0.2) is 0 Å². The van der Waals surface area contributed by atoms with Crippen LogP contribution in [0, 0.1) is 5.41 Å². The SMILES string of the molecule is CN(CCOc1ccccc1)C(=O)C1(C)CCNC1.Cl. The van der Waals surface area contributed by atoms with Crippen molar-refractivity contribution >= 4 is 18.3 Å². The Hall–Kier alpha value is -1.26. The van der Waals surface area contributed by atoms with Gasteiger partial charge >= 0.3 is 0 Å². The average Bonchev–Trinajstić information content (AvgIpc) is 2.87. The molecule has 0 aromatic heterocycles. The normalized spacial score (nSPS) is 21.1. The van der Waals surface area contributed by atoms with Crippen LogP contribution in [-0.2, 0) is 4.79 Å². The topological polar surface area (TPSA) is 41.6 Å². The van der Waals surface area contributed by atoms with Crippen LogP contribution in [0.15, 0.2) is 30.3 Å². The molecular formula is C15H23ClN2O2. The van der Waals surface area contributed by atoms with Gasteiger partial charge in [0.25, 0.3) is 0 Å². The molecule has 0 saturated carbocycles. The van der Waals surface area contributed by atoms with Crippen molar-refractivity contribution in [1.82, 2.24) is 10.2 Å². The number of ether oxygens (including phenoxy) is 1. The number of halogens is 1. The van der Waals surface area contributed by atoms with E-state index in [9.17, 15) is 4.79 Å². The molecule has 20 heavy (non-hydrogen) atoms. The lowest BCUT2D eigenvalue weighted by atomic mass is 9.88. The molecule has 5 heteroatoms. The van der Waals surface area contributed by atoms with Gasteiger partial charge in [0, 0.05) is 13.6 Å². The van der Waals surface area contributed by atoms with Crippen molar-refractivity contribution in [3.63, 3.8) is 0 Å². The van der Waals surface area contributed by atoms with Gasteiger partial charge in [0.15, 0.2) is 0 Å². The molecular weight excluding hydrogens is 276 g/mol. The summed E-state index contributed by atoms with van der Waals surface area (Å²) in [5, 5.41) is 3.25. The Kier molecular flexibility index (Phi) is 6.30. The Morgan fingerprint density at radius 3 is 2.70 bits per heavy atom. The predicted molar refractivity (Wildman–Crippen MR) is 82.4 cm³/mol. The summed E-state index contributed by atoms with van der Waals surface area (Å²) in [5.41, 5.74) is -0.249. The van der Waals surface area contributed by atoms with Crippen LogP contribution in [0.3, 0.4) is 0 Å². The highest BCUT2D eigenvalue weighted by molar-refractivity contribution is 5.85. The Morgan fingerprint density at radius 2 is 2.10 bits per heavy atom. The number of carbonyl (C=O) groups is 1. The molecule has 1 aliphatic rings. The predicted octanol–water partition coefficient (Wildman–Crippen LogP) is 1.95. The van der Waals surface area contributed by atoms with Crippen molar-refractivity contribution < 1.29 is 9.53 Å². The van der Waals surface area contributed by atoms with E-state index in [0.29, 0.717) is 13.2 Å². The Bertz CT molecular complexity index is 419. The Labute approximate surface area is 126 Å². The molecule has 1 saturated heterocycles. The number of carbonyl (C=O) groups excluding carboxylic acids is 1. The number of nitrogens with one attached hydrogen (secondary N) is 1. The minimum Gasteiger partial charge on any atom is -0.492 e. The van der Waals surface area contributed by atoms with Crippen molar-refractivity contribution in [2.75, 3.05) is 33.3 Å². The molecule has 0 bridgehead atoms. The molecule has 2 rings (SSSR count). The molecule has 1 N–H and O–H groups in total. The largest absolute Gasteiger partial charge is 0.492 e. The maximum Gasteiger partial charge on any atom is 0.229 e. The van der Waals surface area contributed by atoms with Gasteiger partial charge in [-0.05, 0) is 32.0 Å². The van der Waals surface area contributed by atoms with Crippen LogP contribution in [0.2, 0.25) is 0 Å². The first-order chi connectivity index (χ1) is 9.12. The third kappa shape index (κ3) is 4.12. The highest BCUT2D eigenvalue weighted by atomic mass is 35.5. The molecule has 1 amide bonds. The van der Waals surface area contributed by atoms with E-state index < -0.39 is 0 Å². The maximum absolute atomic E-state index is 12.3. The average molecular weight is 299 g/mol. The number of rotatable bonds is 5. The van der Waals surface area contributed by atoms with Crippen molar-refractivity contribution in [1.29, 1.82) is 0 Å². The number of para-hydroxylation sites is 1. The van der Waals surface area contributed by atoms with Crippen molar-refractivity contribution in [2.45, 2.75) is 13.3 Å². The summed E-state index contributed by atoms with van der Waals surface area (Å²) in [7, 11) is 1.85. The van der Waals surface area contributed by atoms with Gasteiger partial charge in [0.2, 0.25) is 5.91 Å². The molecule has 1 atom stereocenters. The van der Waals surface area contributed by atoms with Crippen LogP contribution in [0.1, 0.15) is 13.3 Å². The molecule has 112 valence electrons. The van der Waals surface area contributed by atoms with Gasteiger partial charge in [0.05, 0.1) is 12.0 Å². The van der Waals surface area contributed by atoms with Gasteiger partial charge in [-0.3, -0.25) is 4.79 Å². The quantitative estimate of drug-likeness (QED) is 0.903. The van der Waals surface area contributed by atoms with E-state index >= 15 is 0 Å². The summed E-state index contributed by atoms with van der Waals surface area (Å²) in [6.45, 7) is 4.87. The van der Waals surface area contributed by atoms with Gasteiger partial charge in [-0.2, -0.15) is 0 Å². The second-order valence-corrected chi connectivity index (χ2v) is 5.38. The van der Waals surface area contributed by atoms with Crippen LogP contribution in [0.5, 0.6) is 5.75 Å². The van der Waals surface area contributed by atoms with Gasteiger partial charge in [-0.1, -0.05) is 18.2 Å². The van der Waals surface area contributed by atoms with Crippen LogP contribution < -0.4 is 10.1 Å². The summed E-state index contributed by atoms with van der Waals surface area (Å²) in [4.78, 5) is 14.1. The number of hydrogen-bond donors (Lipinski definition) is 1.